The number of rotatable bonds is 11. The first-order valence-corrected chi connectivity index (χ1v) is 11.2. The zero-order valence-electron chi connectivity index (χ0n) is 18.4. The second kappa shape index (κ2) is 12.2. The highest BCUT2D eigenvalue weighted by Gasteiger charge is 2.17. The molecule has 6 nitrogen and oxygen atoms in total. The number of piperazine rings is 1. The van der Waals surface area contributed by atoms with Gasteiger partial charge in [0.05, 0.1) is 6.61 Å². The molecular formula is C25H33N3O3. The molecule has 3 rings (SSSR count). The number of hydrogen-bond donors (Lipinski definition) is 1. The molecule has 1 amide bonds. The van der Waals surface area contributed by atoms with Gasteiger partial charge in [0.1, 0.15) is 5.75 Å². The van der Waals surface area contributed by atoms with Crippen LogP contribution in [0, 0.1) is 0 Å². The fraction of sp³-hybridized carbons (Fsp3) is 0.440. The van der Waals surface area contributed by atoms with Crippen LogP contribution in [-0.4, -0.2) is 67.4 Å². The lowest BCUT2D eigenvalue weighted by Gasteiger charge is -2.34. The van der Waals surface area contributed by atoms with Gasteiger partial charge in [0, 0.05) is 64.2 Å². The number of Topliss-reactive ketones (excluding diaryl/α,β-unsaturated/α-hetero) is 1. The maximum atomic E-state index is 12.3. The Morgan fingerprint density at radius 3 is 2.26 bits per heavy atom. The molecule has 1 saturated heterocycles. The van der Waals surface area contributed by atoms with E-state index in [0.29, 0.717) is 18.7 Å². The van der Waals surface area contributed by atoms with Crippen molar-refractivity contribution in [1.29, 1.82) is 0 Å². The summed E-state index contributed by atoms with van der Waals surface area (Å²) in [6.45, 7) is 9.08. The van der Waals surface area contributed by atoms with E-state index >= 15 is 0 Å². The van der Waals surface area contributed by atoms with E-state index in [2.05, 4.69) is 39.4 Å². The number of benzene rings is 2. The SMILES string of the molecule is CCOc1ccc(C(=O)CCC(=O)NCCN2CCN(Cc3ccccc3)CC2)cc1. The Labute approximate surface area is 185 Å². The molecule has 0 saturated carbocycles. The van der Waals surface area contributed by atoms with Crippen molar-refractivity contribution in [3.8, 4) is 5.75 Å². The molecule has 6 heteroatoms. The Hall–Kier alpha value is -2.70. The second-order valence-corrected chi connectivity index (χ2v) is 7.83. The monoisotopic (exact) mass is 423 g/mol. The van der Waals surface area contributed by atoms with Crippen molar-refractivity contribution in [3.05, 3.63) is 65.7 Å². The molecule has 0 bridgehead atoms. The van der Waals surface area contributed by atoms with Gasteiger partial charge in [-0.15, -0.1) is 0 Å². The predicted octanol–water partition coefficient (Wildman–Crippen LogP) is 2.98. The largest absolute Gasteiger partial charge is 0.494 e. The van der Waals surface area contributed by atoms with Gasteiger partial charge >= 0.3 is 0 Å². The zero-order valence-corrected chi connectivity index (χ0v) is 18.4. The first kappa shape index (κ1) is 23.0. The standard InChI is InChI=1S/C25H33N3O3/c1-2-31-23-10-8-22(9-11-23)24(29)12-13-25(30)26-14-15-27-16-18-28(19-17-27)20-21-6-4-3-5-7-21/h3-11H,2,12-20H2,1H3,(H,26,30). The minimum absolute atomic E-state index is 0.0206. The smallest absolute Gasteiger partial charge is 0.220 e. The number of nitrogens with zero attached hydrogens (tertiary/aromatic N) is 2. The first-order chi connectivity index (χ1) is 15.1. The number of ether oxygens (including phenoxy) is 1. The summed E-state index contributed by atoms with van der Waals surface area (Å²) in [5, 5.41) is 2.95. The van der Waals surface area contributed by atoms with Gasteiger partial charge in [0.15, 0.2) is 5.78 Å². The molecule has 2 aromatic rings. The average Bonchev–Trinajstić information content (AvgIpc) is 2.80. The van der Waals surface area contributed by atoms with Crippen molar-refractivity contribution < 1.29 is 14.3 Å². The highest BCUT2D eigenvalue weighted by atomic mass is 16.5. The normalized spacial score (nSPS) is 14.9. The summed E-state index contributed by atoms with van der Waals surface area (Å²) in [4.78, 5) is 29.2. The lowest BCUT2D eigenvalue weighted by molar-refractivity contribution is -0.121. The summed E-state index contributed by atoms with van der Waals surface area (Å²) in [6.07, 6.45) is 0.439. The van der Waals surface area contributed by atoms with E-state index in [1.54, 1.807) is 24.3 Å². The number of ketones is 1. The van der Waals surface area contributed by atoms with Gasteiger partial charge in [0.25, 0.3) is 0 Å². The molecule has 1 aliphatic rings. The maximum absolute atomic E-state index is 12.3. The molecule has 1 aliphatic heterocycles. The lowest BCUT2D eigenvalue weighted by Crippen LogP contribution is -2.48. The van der Waals surface area contributed by atoms with Crippen molar-refractivity contribution >= 4 is 11.7 Å². The van der Waals surface area contributed by atoms with Crippen LogP contribution >= 0.6 is 0 Å². The Kier molecular flexibility index (Phi) is 9.06. The summed E-state index contributed by atoms with van der Waals surface area (Å²) in [5.41, 5.74) is 1.97. The molecular weight excluding hydrogens is 390 g/mol. The van der Waals surface area contributed by atoms with Crippen molar-refractivity contribution in [1.82, 2.24) is 15.1 Å². The van der Waals surface area contributed by atoms with Crippen LogP contribution in [0.25, 0.3) is 0 Å². The van der Waals surface area contributed by atoms with Gasteiger partial charge in [-0.3, -0.25) is 19.4 Å². The lowest BCUT2D eigenvalue weighted by atomic mass is 10.1. The van der Waals surface area contributed by atoms with Crippen LogP contribution in [-0.2, 0) is 11.3 Å². The molecule has 0 aliphatic carbocycles. The molecule has 0 atom stereocenters. The van der Waals surface area contributed by atoms with Gasteiger partial charge in [-0.05, 0) is 36.8 Å². The third-order valence-corrected chi connectivity index (χ3v) is 5.53. The quantitative estimate of drug-likeness (QED) is 0.563. The third kappa shape index (κ3) is 7.81. The van der Waals surface area contributed by atoms with Crippen LogP contribution in [0.5, 0.6) is 5.75 Å². The highest BCUT2D eigenvalue weighted by Crippen LogP contribution is 2.14. The topological polar surface area (TPSA) is 61.9 Å². The molecule has 1 fully saturated rings. The van der Waals surface area contributed by atoms with Crippen LogP contribution in [0.2, 0.25) is 0 Å². The Bertz CT molecular complexity index is 816. The van der Waals surface area contributed by atoms with Crippen LogP contribution < -0.4 is 10.1 Å². The Morgan fingerprint density at radius 2 is 1.58 bits per heavy atom. The predicted molar refractivity (Wildman–Crippen MR) is 122 cm³/mol. The number of carbonyl (C=O) groups excluding carboxylic acids is 2. The second-order valence-electron chi connectivity index (χ2n) is 7.83. The summed E-state index contributed by atoms with van der Waals surface area (Å²) >= 11 is 0. The molecule has 1 N–H and O–H groups in total. The van der Waals surface area contributed by atoms with Crippen molar-refractivity contribution in [2.24, 2.45) is 0 Å². The summed E-state index contributed by atoms with van der Waals surface area (Å²) in [5.74, 6) is 0.660. The maximum Gasteiger partial charge on any atom is 0.220 e. The number of nitrogens with one attached hydrogen (secondary N) is 1. The van der Waals surface area contributed by atoms with Crippen molar-refractivity contribution in [3.63, 3.8) is 0 Å². The van der Waals surface area contributed by atoms with E-state index in [1.165, 1.54) is 5.56 Å². The van der Waals surface area contributed by atoms with Crippen LogP contribution in [0.15, 0.2) is 54.6 Å². The molecule has 166 valence electrons. The molecule has 2 aromatic carbocycles. The van der Waals surface area contributed by atoms with Crippen LogP contribution in [0.3, 0.4) is 0 Å². The van der Waals surface area contributed by atoms with Crippen molar-refractivity contribution in [2.75, 3.05) is 45.9 Å². The minimum Gasteiger partial charge on any atom is -0.494 e. The average molecular weight is 424 g/mol. The Morgan fingerprint density at radius 1 is 0.903 bits per heavy atom. The van der Waals surface area contributed by atoms with Gasteiger partial charge in [0.2, 0.25) is 5.91 Å². The number of amides is 1. The van der Waals surface area contributed by atoms with Gasteiger partial charge in [-0.2, -0.15) is 0 Å². The van der Waals surface area contributed by atoms with Crippen LogP contribution in [0.1, 0.15) is 35.7 Å². The van der Waals surface area contributed by atoms with E-state index in [-0.39, 0.29) is 24.5 Å². The van der Waals surface area contributed by atoms with Gasteiger partial charge in [-0.1, -0.05) is 30.3 Å². The summed E-state index contributed by atoms with van der Waals surface area (Å²) < 4.78 is 5.38. The van der Waals surface area contributed by atoms with Gasteiger partial charge in [-0.25, -0.2) is 0 Å². The molecule has 0 spiro atoms. The fourth-order valence-corrected chi connectivity index (χ4v) is 3.73. The fourth-order valence-electron chi connectivity index (χ4n) is 3.73. The minimum atomic E-state index is -0.0676. The number of carbonyl (C=O) groups is 2. The first-order valence-electron chi connectivity index (χ1n) is 11.2. The van der Waals surface area contributed by atoms with E-state index in [9.17, 15) is 9.59 Å². The Balaban J connectivity index is 1.28. The zero-order chi connectivity index (χ0) is 21.9. The third-order valence-electron chi connectivity index (χ3n) is 5.53. The van der Waals surface area contributed by atoms with Crippen molar-refractivity contribution in [2.45, 2.75) is 26.3 Å². The molecule has 0 aromatic heterocycles. The van der Waals surface area contributed by atoms with E-state index in [4.69, 9.17) is 4.74 Å². The molecule has 0 radical (unpaired) electrons. The highest BCUT2D eigenvalue weighted by molar-refractivity contribution is 5.98. The van der Waals surface area contributed by atoms with E-state index in [1.807, 2.05) is 13.0 Å². The van der Waals surface area contributed by atoms with Gasteiger partial charge < -0.3 is 10.1 Å². The summed E-state index contributed by atoms with van der Waals surface area (Å²) in [7, 11) is 0. The molecule has 1 heterocycles. The van der Waals surface area contributed by atoms with Crippen LogP contribution in [0.4, 0.5) is 0 Å². The number of hydrogen-bond acceptors (Lipinski definition) is 5. The summed E-state index contributed by atoms with van der Waals surface area (Å²) in [6, 6.07) is 17.6. The van der Waals surface area contributed by atoms with E-state index < -0.39 is 0 Å². The molecule has 31 heavy (non-hydrogen) atoms. The van der Waals surface area contributed by atoms with E-state index in [0.717, 1.165) is 45.0 Å². The molecule has 0 unspecified atom stereocenters.